The first-order valence-electron chi connectivity index (χ1n) is 9.36. The molecule has 2 nitrogen and oxygen atoms in total. The van der Waals surface area contributed by atoms with E-state index in [1.165, 1.54) is 19.1 Å². The van der Waals surface area contributed by atoms with Crippen LogP contribution in [0.5, 0.6) is 0 Å². The van der Waals surface area contributed by atoms with Crippen molar-refractivity contribution in [3.63, 3.8) is 0 Å². The average Bonchev–Trinajstić information content (AvgIpc) is 2.67. The lowest BCUT2D eigenvalue weighted by Gasteiger charge is -2.34. The summed E-state index contributed by atoms with van der Waals surface area (Å²) in [5.74, 6) is -0.619. The van der Waals surface area contributed by atoms with E-state index >= 15 is 0 Å². The van der Waals surface area contributed by atoms with Crippen LogP contribution in [-0.2, 0) is 17.1 Å². The van der Waals surface area contributed by atoms with Crippen LogP contribution in [0.2, 0.25) is 0 Å². The van der Waals surface area contributed by atoms with Crippen LogP contribution in [0.3, 0.4) is 0 Å². The number of halogens is 7. The van der Waals surface area contributed by atoms with E-state index in [0.29, 0.717) is 31.6 Å². The first-order valence-corrected chi connectivity index (χ1v) is 9.36. The SMILES string of the molecule is CC(OC1CCNCC1c1ccc(F)cc1)c1cc(C(F)(F)F)cc(C(F)(F)F)c1. The number of benzene rings is 2. The lowest BCUT2D eigenvalue weighted by molar-refractivity contribution is -0.143. The Morgan fingerprint density at radius 3 is 2.03 bits per heavy atom. The van der Waals surface area contributed by atoms with Crippen molar-refractivity contribution >= 4 is 0 Å². The number of alkyl halides is 6. The molecule has 1 N–H and O–H groups in total. The van der Waals surface area contributed by atoms with Crippen LogP contribution in [-0.4, -0.2) is 19.2 Å². The third kappa shape index (κ3) is 5.31. The number of nitrogens with one attached hydrogen (secondary N) is 1. The molecule has 3 atom stereocenters. The highest BCUT2D eigenvalue weighted by molar-refractivity contribution is 5.35. The van der Waals surface area contributed by atoms with E-state index in [4.69, 9.17) is 4.74 Å². The first-order chi connectivity index (χ1) is 13.9. The largest absolute Gasteiger partial charge is 0.416 e. The molecule has 164 valence electrons. The molecule has 0 spiro atoms. The number of ether oxygens (including phenoxy) is 1. The van der Waals surface area contributed by atoms with Crippen LogP contribution in [0.15, 0.2) is 42.5 Å². The van der Waals surface area contributed by atoms with E-state index in [1.54, 1.807) is 12.1 Å². The highest BCUT2D eigenvalue weighted by atomic mass is 19.4. The molecule has 0 saturated carbocycles. The van der Waals surface area contributed by atoms with Gasteiger partial charge in [-0.1, -0.05) is 12.1 Å². The summed E-state index contributed by atoms with van der Waals surface area (Å²) in [7, 11) is 0. The Balaban J connectivity index is 1.88. The molecule has 0 radical (unpaired) electrons. The summed E-state index contributed by atoms with van der Waals surface area (Å²) >= 11 is 0. The topological polar surface area (TPSA) is 21.3 Å². The van der Waals surface area contributed by atoms with Crippen molar-refractivity contribution in [2.75, 3.05) is 13.1 Å². The standard InChI is InChI=1S/C21H20F7NO/c1-12(14-8-15(20(23,24)25)10-16(9-14)21(26,27)28)30-19-6-7-29-11-18(19)13-2-4-17(22)5-3-13/h2-5,8-10,12,18-19,29H,6-7,11H2,1H3. The zero-order valence-electron chi connectivity index (χ0n) is 15.9. The quantitative estimate of drug-likeness (QED) is 0.587. The number of rotatable bonds is 4. The Morgan fingerprint density at radius 1 is 0.933 bits per heavy atom. The molecule has 0 aliphatic carbocycles. The average molecular weight is 435 g/mol. The van der Waals surface area contributed by atoms with Gasteiger partial charge in [-0.2, -0.15) is 26.3 Å². The van der Waals surface area contributed by atoms with E-state index in [0.717, 1.165) is 5.56 Å². The minimum atomic E-state index is -4.92. The third-order valence-corrected chi connectivity index (χ3v) is 5.18. The minimum absolute atomic E-state index is 0.0993. The smallest absolute Gasteiger partial charge is 0.370 e. The molecular formula is C21H20F7NO. The van der Waals surface area contributed by atoms with Gasteiger partial charge < -0.3 is 10.1 Å². The molecule has 0 amide bonds. The van der Waals surface area contributed by atoms with Crippen LogP contribution in [0, 0.1) is 5.82 Å². The maximum atomic E-state index is 13.2. The maximum absolute atomic E-state index is 13.2. The molecule has 3 rings (SSSR count). The molecule has 2 aromatic rings. The van der Waals surface area contributed by atoms with Gasteiger partial charge >= 0.3 is 12.4 Å². The monoisotopic (exact) mass is 435 g/mol. The Morgan fingerprint density at radius 2 is 1.50 bits per heavy atom. The van der Waals surface area contributed by atoms with E-state index < -0.39 is 41.5 Å². The summed E-state index contributed by atoms with van der Waals surface area (Å²) < 4.78 is 97.9. The highest BCUT2D eigenvalue weighted by Crippen LogP contribution is 2.39. The summed E-state index contributed by atoms with van der Waals surface area (Å²) in [6.45, 7) is 2.52. The van der Waals surface area contributed by atoms with Crippen molar-refractivity contribution in [2.24, 2.45) is 0 Å². The summed E-state index contributed by atoms with van der Waals surface area (Å²) in [6, 6.07) is 7.27. The number of hydrogen-bond donors (Lipinski definition) is 1. The van der Waals surface area contributed by atoms with Crippen molar-refractivity contribution in [3.05, 3.63) is 70.5 Å². The number of piperidine rings is 1. The fourth-order valence-electron chi connectivity index (χ4n) is 3.59. The van der Waals surface area contributed by atoms with Crippen molar-refractivity contribution in [1.82, 2.24) is 5.32 Å². The Kier molecular flexibility index (Phi) is 6.43. The van der Waals surface area contributed by atoms with Crippen molar-refractivity contribution in [1.29, 1.82) is 0 Å². The number of hydrogen-bond acceptors (Lipinski definition) is 2. The molecule has 1 saturated heterocycles. The minimum Gasteiger partial charge on any atom is -0.370 e. The van der Waals surface area contributed by atoms with E-state index in [-0.39, 0.29) is 17.5 Å². The fourth-order valence-corrected chi connectivity index (χ4v) is 3.59. The lowest BCUT2D eigenvalue weighted by Crippen LogP contribution is -2.40. The summed E-state index contributed by atoms with van der Waals surface area (Å²) in [5.41, 5.74) is -2.17. The normalized spacial score (nSPS) is 21.5. The van der Waals surface area contributed by atoms with Crippen molar-refractivity contribution < 1.29 is 35.5 Å². The van der Waals surface area contributed by atoms with E-state index in [2.05, 4.69) is 5.32 Å². The predicted octanol–water partition coefficient (Wildman–Crippen LogP) is 6.09. The van der Waals surface area contributed by atoms with Crippen molar-refractivity contribution in [3.8, 4) is 0 Å². The van der Waals surface area contributed by atoms with Crippen molar-refractivity contribution in [2.45, 2.75) is 43.8 Å². The fraction of sp³-hybridized carbons (Fsp3) is 0.429. The summed E-state index contributed by atoms with van der Waals surface area (Å²) in [5, 5.41) is 3.18. The maximum Gasteiger partial charge on any atom is 0.416 e. The van der Waals surface area contributed by atoms with Crippen LogP contribution in [0.1, 0.15) is 47.6 Å². The predicted molar refractivity (Wildman–Crippen MR) is 96.4 cm³/mol. The van der Waals surface area contributed by atoms with E-state index in [9.17, 15) is 30.7 Å². The van der Waals surface area contributed by atoms with Crippen LogP contribution in [0.25, 0.3) is 0 Å². The Labute approximate surface area is 169 Å². The molecule has 1 aliphatic heterocycles. The highest BCUT2D eigenvalue weighted by Gasteiger charge is 2.38. The molecule has 9 heteroatoms. The molecule has 30 heavy (non-hydrogen) atoms. The molecule has 1 fully saturated rings. The van der Waals surface area contributed by atoms with Gasteiger partial charge in [-0.3, -0.25) is 0 Å². The van der Waals surface area contributed by atoms with Crippen LogP contribution in [0.4, 0.5) is 30.7 Å². The van der Waals surface area contributed by atoms with Gasteiger partial charge in [0.2, 0.25) is 0 Å². The summed E-state index contributed by atoms with van der Waals surface area (Å²) in [6.07, 6.45) is -10.8. The molecule has 1 aliphatic rings. The second-order valence-corrected chi connectivity index (χ2v) is 7.31. The summed E-state index contributed by atoms with van der Waals surface area (Å²) in [4.78, 5) is 0. The lowest BCUT2D eigenvalue weighted by atomic mass is 9.88. The third-order valence-electron chi connectivity index (χ3n) is 5.18. The van der Waals surface area contributed by atoms with Gasteiger partial charge in [0.25, 0.3) is 0 Å². The molecule has 0 aromatic heterocycles. The molecule has 1 heterocycles. The van der Waals surface area contributed by atoms with Gasteiger partial charge in [-0.15, -0.1) is 0 Å². The van der Waals surface area contributed by atoms with Crippen LogP contribution >= 0.6 is 0 Å². The first kappa shape index (κ1) is 22.6. The molecular weight excluding hydrogens is 415 g/mol. The zero-order chi connectivity index (χ0) is 22.1. The molecule has 0 bridgehead atoms. The van der Waals surface area contributed by atoms with Gasteiger partial charge in [-0.25, -0.2) is 4.39 Å². The molecule has 3 unspecified atom stereocenters. The van der Waals surface area contributed by atoms with Gasteiger partial charge in [0, 0.05) is 12.5 Å². The zero-order valence-corrected chi connectivity index (χ0v) is 15.9. The Bertz CT molecular complexity index is 829. The van der Waals surface area contributed by atoms with Gasteiger partial charge in [0.1, 0.15) is 5.82 Å². The molecule has 2 aromatic carbocycles. The second kappa shape index (κ2) is 8.55. The second-order valence-electron chi connectivity index (χ2n) is 7.31. The van der Waals surface area contributed by atoms with Crippen LogP contribution < -0.4 is 5.32 Å². The van der Waals surface area contributed by atoms with E-state index in [1.807, 2.05) is 0 Å². The van der Waals surface area contributed by atoms with Gasteiger partial charge in [0.05, 0.1) is 23.3 Å². The Hall–Kier alpha value is -2.13. The van der Waals surface area contributed by atoms with Gasteiger partial charge in [0.15, 0.2) is 0 Å². The van der Waals surface area contributed by atoms with Gasteiger partial charge in [-0.05, 0) is 61.3 Å².